The Bertz CT molecular complexity index is 1420. The number of nitrogens with zero attached hydrogens (tertiary/aromatic N) is 1. The summed E-state index contributed by atoms with van der Waals surface area (Å²) in [5, 5.41) is 6.54. The first-order valence-corrected chi connectivity index (χ1v) is 13.8. The number of fused-ring (bicyclic) bond motifs is 1. The second-order valence-corrected chi connectivity index (χ2v) is 10.6. The van der Waals surface area contributed by atoms with E-state index in [1.54, 1.807) is 23.2 Å². The number of ether oxygens (including phenoxy) is 1. The topological polar surface area (TPSA) is 104 Å². The van der Waals surface area contributed by atoms with Crippen LogP contribution in [0.5, 0.6) is 0 Å². The number of benzene rings is 2. The molecule has 8 nitrogen and oxygen atoms in total. The first-order chi connectivity index (χ1) is 19.2. The molecule has 0 bridgehead atoms. The summed E-state index contributed by atoms with van der Waals surface area (Å²) in [6, 6.07) is 8.86. The molecule has 3 N–H and O–H groups in total. The normalized spacial score (nSPS) is 14.9. The molecule has 11 heteroatoms. The summed E-state index contributed by atoms with van der Waals surface area (Å²) in [4.78, 5) is 43.7. The molecule has 1 aromatic heterocycles. The van der Waals surface area contributed by atoms with Crippen molar-refractivity contribution in [1.29, 1.82) is 0 Å². The van der Waals surface area contributed by atoms with Gasteiger partial charge < -0.3 is 25.3 Å². The van der Waals surface area contributed by atoms with Crippen LogP contribution in [-0.2, 0) is 25.5 Å². The summed E-state index contributed by atoms with van der Waals surface area (Å²) in [5.74, 6) is -1.67. The standard InChI is InChI=1S/C29H31BrF2N4O4/c1-40-15-9-27(38)36-13-10-29(11-14-36,35-26(37)7-3-19-2-5-24(32)23(30)16-19)28(39)33-12-8-20-18-34-25-6-4-21(31)17-22(20)25/h2-7,16-18,34H,8-15H2,1H3,(H,33,39)(H,35,37). The van der Waals surface area contributed by atoms with Crippen LogP contribution in [0.1, 0.15) is 30.4 Å². The van der Waals surface area contributed by atoms with E-state index in [0.717, 1.165) is 16.5 Å². The SMILES string of the molecule is COCCC(=O)N1CCC(NC(=O)C=Cc2ccc(F)c(Br)c2)(C(=O)NCCc2c[nH]c3ccc(F)cc23)CC1. The minimum atomic E-state index is -1.23. The Balaban J connectivity index is 1.44. The maximum atomic E-state index is 13.7. The molecule has 1 aliphatic rings. The molecule has 0 atom stereocenters. The number of hydrogen-bond donors (Lipinski definition) is 3. The zero-order valence-electron chi connectivity index (χ0n) is 22.1. The van der Waals surface area contributed by atoms with Crippen LogP contribution in [0.4, 0.5) is 8.78 Å². The van der Waals surface area contributed by atoms with E-state index in [2.05, 4.69) is 31.5 Å². The van der Waals surface area contributed by atoms with Gasteiger partial charge in [0.2, 0.25) is 17.7 Å². The van der Waals surface area contributed by atoms with Crippen LogP contribution in [-0.4, -0.2) is 66.5 Å². The molecule has 212 valence electrons. The van der Waals surface area contributed by atoms with Crippen LogP contribution in [0, 0.1) is 11.6 Å². The van der Waals surface area contributed by atoms with E-state index in [4.69, 9.17) is 4.74 Å². The molecule has 1 fully saturated rings. The molecule has 0 saturated carbocycles. The summed E-state index contributed by atoms with van der Waals surface area (Å²) in [6.07, 6.45) is 5.78. The van der Waals surface area contributed by atoms with Crippen LogP contribution >= 0.6 is 15.9 Å². The molecule has 40 heavy (non-hydrogen) atoms. The highest BCUT2D eigenvalue weighted by molar-refractivity contribution is 9.10. The fourth-order valence-corrected chi connectivity index (χ4v) is 5.19. The van der Waals surface area contributed by atoms with Crippen LogP contribution in [0.25, 0.3) is 17.0 Å². The van der Waals surface area contributed by atoms with Crippen LogP contribution < -0.4 is 10.6 Å². The van der Waals surface area contributed by atoms with Crippen LogP contribution in [0.15, 0.2) is 53.1 Å². The zero-order valence-corrected chi connectivity index (χ0v) is 23.7. The second-order valence-electron chi connectivity index (χ2n) is 9.71. The zero-order chi connectivity index (χ0) is 28.7. The summed E-state index contributed by atoms with van der Waals surface area (Å²) in [6.45, 7) is 1.18. The monoisotopic (exact) mass is 616 g/mol. The number of hydrogen-bond acceptors (Lipinski definition) is 4. The Morgan fingerprint density at radius 3 is 2.65 bits per heavy atom. The lowest BCUT2D eigenvalue weighted by molar-refractivity contribution is -0.139. The van der Waals surface area contributed by atoms with E-state index >= 15 is 0 Å². The van der Waals surface area contributed by atoms with E-state index in [9.17, 15) is 23.2 Å². The number of nitrogens with one attached hydrogen (secondary N) is 3. The average molecular weight is 617 g/mol. The van der Waals surface area contributed by atoms with E-state index < -0.39 is 17.3 Å². The number of amides is 3. The lowest BCUT2D eigenvalue weighted by Gasteiger charge is -2.41. The van der Waals surface area contributed by atoms with Gasteiger partial charge in [-0.15, -0.1) is 0 Å². The lowest BCUT2D eigenvalue weighted by atomic mass is 9.86. The predicted octanol–water partition coefficient (Wildman–Crippen LogP) is 4.09. The Morgan fingerprint density at radius 1 is 1.15 bits per heavy atom. The summed E-state index contributed by atoms with van der Waals surface area (Å²) >= 11 is 3.13. The van der Waals surface area contributed by atoms with Gasteiger partial charge in [-0.2, -0.15) is 0 Å². The van der Waals surface area contributed by atoms with E-state index in [1.165, 1.54) is 43.5 Å². The molecule has 1 aliphatic heterocycles. The van der Waals surface area contributed by atoms with Gasteiger partial charge in [0.15, 0.2) is 0 Å². The number of methoxy groups -OCH3 is 1. The Hall–Kier alpha value is -3.57. The van der Waals surface area contributed by atoms with Crippen molar-refractivity contribution in [2.75, 3.05) is 33.4 Å². The van der Waals surface area contributed by atoms with Crippen molar-refractivity contribution in [3.63, 3.8) is 0 Å². The third kappa shape index (κ3) is 7.14. The first-order valence-electron chi connectivity index (χ1n) is 13.0. The van der Waals surface area contributed by atoms with Crippen molar-refractivity contribution in [2.24, 2.45) is 0 Å². The third-order valence-electron chi connectivity index (χ3n) is 7.07. The van der Waals surface area contributed by atoms with Gasteiger partial charge >= 0.3 is 0 Å². The minimum Gasteiger partial charge on any atom is -0.384 e. The number of piperidine rings is 1. The quantitative estimate of drug-likeness (QED) is 0.298. The van der Waals surface area contributed by atoms with Crippen molar-refractivity contribution >= 4 is 50.6 Å². The van der Waals surface area contributed by atoms with Crippen molar-refractivity contribution in [2.45, 2.75) is 31.2 Å². The highest BCUT2D eigenvalue weighted by Crippen LogP contribution is 2.25. The van der Waals surface area contributed by atoms with Gasteiger partial charge in [0, 0.05) is 49.9 Å². The van der Waals surface area contributed by atoms with E-state index in [0.29, 0.717) is 31.7 Å². The number of likely N-dealkylation sites (tertiary alicyclic amines) is 1. The first kappa shape index (κ1) is 29.4. The minimum absolute atomic E-state index is 0.0736. The van der Waals surface area contributed by atoms with Crippen molar-refractivity contribution in [3.8, 4) is 0 Å². The fraction of sp³-hybridized carbons (Fsp3) is 0.345. The van der Waals surface area contributed by atoms with Gasteiger partial charge in [0.05, 0.1) is 17.5 Å². The molecule has 1 saturated heterocycles. The molecular weight excluding hydrogens is 586 g/mol. The highest BCUT2D eigenvalue weighted by atomic mass is 79.9. The van der Waals surface area contributed by atoms with Crippen molar-refractivity contribution in [1.82, 2.24) is 20.5 Å². The third-order valence-corrected chi connectivity index (χ3v) is 7.67. The fourth-order valence-electron chi connectivity index (χ4n) is 4.80. The van der Waals surface area contributed by atoms with E-state index in [1.807, 2.05) is 0 Å². The number of aromatic amines is 1. The maximum absolute atomic E-state index is 13.7. The number of carbonyl (C=O) groups excluding carboxylic acids is 3. The smallest absolute Gasteiger partial charge is 0.245 e. The Morgan fingerprint density at radius 2 is 1.93 bits per heavy atom. The molecule has 2 heterocycles. The molecule has 0 radical (unpaired) electrons. The van der Waals surface area contributed by atoms with Gasteiger partial charge in [-0.05, 0) is 82.7 Å². The van der Waals surface area contributed by atoms with E-state index in [-0.39, 0.29) is 47.9 Å². The van der Waals surface area contributed by atoms with Crippen molar-refractivity contribution < 1.29 is 27.9 Å². The number of carbonyl (C=O) groups is 3. The van der Waals surface area contributed by atoms with Gasteiger partial charge in [-0.3, -0.25) is 14.4 Å². The molecule has 2 aromatic carbocycles. The number of aromatic nitrogens is 1. The number of H-pyrrole nitrogens is 1. The van der Waals surface area contributed by atoms with Gasteiger partial charge in [-0.25, -0.2) is 8.78 Å². The second kappa shape index (κ2) is 13.2. The number of halogens is 3. The van der Waals surface area contributed by atoms with Crippen LogP contribution in [0.2, 0.25) is 0 Å². The molecule has 0 aliphatic carbocycles. The van der Waals surface area contributed by atoms with Gasteiger partial charge in [0.1, 0.15) is 17.2 Å². The summed E-state index contributed by atoms with van der Waals surface area (Å²) in [7, 11) is 1.53. The summed E-state index contributed by atoms with van der Waals surface area (Å²) < 4.78 is 32.6. The van der Waals surface area contributed by atoms with Gasteiger partial charge in [-0.1, -0.05) is 6.07 Å². The molecule has 0 unspecified atom stereocenters. The lowest BCUT2D eigenvalue weighted by Crippen LogP contribution is -2.63. The van der Waals surface area contributed by atoms with Gasteiger partial charge in [0.25, 0.3) is 0 Å². The molecular formula is C29H31BrF2N4O4. The predicted molar refractivity (Wildman–Crippen MR) is 151 cm³/mol. The number of rotatable bonds is 10. The average Bonchev–Trinajstić information content (AvgIpc) is 3.34. The largest absolute Gasteiger partial charge is 0.384 e. The molecule has 0 spiro atoms. The summed E-state index contributed by atoms with van der Waals surface area (Å²) in [5.41, 5.74) is 1.04. The highest BCUT2D eigenvalue weighted by Gasteiger charge is 2.43. The molecule has 4 rings (SSSR count). The van der Waals surface area contributed by atoms with Crippen LogP contribution in [0.3, 0.4) is 0 Å². The Labute approximate surface area is 239 Å². The molecule has 3 amide bonds. The molecule has 3 aromatic rings. The maximum Gasteiger partial charge on any atom is 0.245 e. The Kier molecular flexibility index (Phi) is 9.70. The van der Waals surface area contributed by atoms with Crippen molar-refractivity contribution in [3.05, 3.63) is 75.9 Å².